The first kappa shape index (κ1) is 12.3. The van der Waals surface area contributed by atoms with Gasteiger partial charge in [-0.05, 0) is 31.5 Å². The average molecular weight is 232 g/mol. The molecule has 0 aliphatic rings. The Morgan fingerprint density at radius 2 is 2.20 bits per heavy atom. The number of ether oxygens (including phenoxy) is 1. The summed E-state index contributed by atoms with van der Waals surface area (Å²) < 4.78 is 17.9. The molecule has 1 aromatic carbocycles. The third-order valence-electron chi connectivity index (χ3n) is 2.03. The minimum absolute atomic E-state index is 0.225. The van der Waals surface area contributed by atoms with Crippen LogP contribution in [0.15, 0.2) is 18.2 Å². The summed E-state index contributed by atoms with van der Waals surface area (Å²) in [6, 6.07) is 4.64. The smallest absolute Gasteiger partial charge is 0.126 e. The van der Waals surface area contributed by atoms with Crippen molar-refractivity contribution in [1.29, 1.82) is 0 Å². The third-order valence-corrected chi connectivity index (χ3v) is 2.25. The summed E-state index contributed by atoms with van der Waals surface area (Å²) in [4.78, 5) is 0. The summed E-state index contributed by atoms with van der Waals surface area (Å²) in [7, 11) is 1.66. The van der Waals surface area contributed by atoms with Crippen LogP contribution in [0, 0.1) is 5.82 Å². The number of hydrogen-bond acceptors (Lipinski definition) is 2. The maximum Gasteiger partial charge on any atom is 0.126 e. The molecule has 0 aliphatic carbocycles. The first-order valence-corrected chi connectivity index (χ1v) is 5.21. The van der Waals surface area contributed by atoms with Gasteiger partial charge in [-0.3, -0.25) is 0 Å². The minimum atomic E-state index is -0.330. The predicted molar refractivity (Wildman–Crippen MR) is 61.0 cm³/mol. The molecule has 0 saturated heterocycles. The van der Waals surface area contributed by atoms with Crippen LogP contribution in [-0.2, 0) is 4.74 Å². The second-order valence-corrected chi connectivity index (χ2v) is 3.92. The predicted octanol–water partition coefficient (Wildman–Crippen LogP) is 3.32. The SMILES string of the molecule is COCCC(C)Nc1cc(F)cc(Cl)c1. The van der Waals surface area contributed by atoms with Crippen LogP contribution < -0.4 is 5.32 Å². The number of nitrogens with one attached hydrogen (secondary N) is 1. The van der Waals surface area contributed by atoms with E-state index in [9.17, 15) is 4.39 Å². The number of anilines is 1. The summed E-state index contributed by atoms with van der Waals surface area (Å²) in [6.45, 7) is 2.69. The van der Waals surface area contributed by atoms with E-state index >= 15 is 0 Å². The highest BCUT2D eigenvalue weighted by Gasteiger charge is 2.03. The molecule has 0 fully saturated rings. The van der Waals surface area contributed by atoms with E-state index in [1.54, 1.807) is 13.2 Å². The van der Waals surface area contributed by atoms with Crippen LogP contribution in [0.2, 0.25) is 5.02 Å². The maximum atomic E-state index is 13.0. The highest BCUT2D eigenvalue weighted by Crippen LogP contribution is 2.19. The van der Waals surface area contributed by atoms with Crippen molar-refractivity contribution in [2.45, 2.75) is 19.4 Å². The van der Waals surface area contributed by atoms with Crippen molar-refractivity contribution >= 4 is 17.3 Å². The zero-order chi connectivity index (χ0) is 11.3. The lowest BCUT2D eigenvalue weighted by molar-refractivity contribution is 0.191. The zero-order valence-corrected chi connectivity index (χ0v) is 9.64. The van der Waals surface area contributed by atoms with Gasteiger partial charge in [-0.15, -0.1) is 0 Å². The number of hydrogen-bond donors (Lipinski definition) is 1. The number of benzene rings is 1. The van der Waals surface area contributed by atoms with Crippen molar-refractivity contribution < 1.29 is 9.13 Å². The second-order valence-electron chi connectivity index (χ2n) is 3.48. The van der Waals surface area contributed by atoms with Gasteiger partial charge in [0, 0.05) is 30.5 Å². The first-order chi connectivity index (χ1) is 7.11. The lowest BCUT2D eigenvalue weighted by Gasteiger charge is -2.14. The summed E-state index contributed by atoms with van der Waals surface area (Å²) in [6.07, 6.45) is 0.866. The zero-order valence-electron chi connectivity index (χ0n) is 8.89. The summed E-state index contributed by atoms with van der Waals surface area (Å²) in [5.41, 5.74) is 0.698. The van der Waals surface area contributed by atoms with E-state index in [0.717, 1.165) is 6.42 Å². The van der Waals surface area contributed by atoms with E-state index < -0.39 is 0 Å². The fourth-order valence-corrected chi connectivity index (χ4v) is 1.51. The standard InChI is InChI=1S/C11H15ClFNO/c1-8(3-4-15-2)14-11-6-9(12)5-10(13)7-11/h5-8,14H,3-4H2,1-2H3. The summed E-state index contributed by atoms with van der Waals surface area (Å²) in [5.74, 6) is -0.330. The molecule has 2 nitrogen and oxygen atoms in total. The fourth-order valence-electron chi connectivity index (χ4n) is 1.29. The Bertz CT molecular complexity index is 299. The molecule has 0 heterocycles. The number of rotatable bonds is 5. The second kappa shape index (κ2) is 5.93. The number of halogens is 2. The lowest BCUT2D eigenvalue weighted by Crippen LogP contribution is -2.17. The molecule has 1 unspecified atom stereocenters. The van der Waals surface area contributed by atoms with Crippen molar-refractivity contribution in [3.05, 3.63) is 29.0 Å². The lowest BCUT2D eigenvalue weighted by atomic mass is 10.2. The van der Waals surface area contributed by atoms with Gasteiger partial charge in [0.15, 0.2) is 0 Å². The normalized spacial score (nSPS) is 12.5. The molecule has 1 atom stereocenters. The minimum Gasteiger partial charge on any atom is -0.385 e. The quantitative estimate of drug-likeness (QED) is 0.840. The molecule has 0 amide bonds. The number of methoxy groups -OCH3 is 1. The van der Waals surface area contributed by atoms with Crippen molar-refractivity contribution in [2.75, 3.05) is 19.0 Å². The van der Waals surface area contributed by atoms with E-state index in [1.807, 2.05) is 6.92 Å². The largest absolute Gasteiger partial charge is 0.385 e. The van der Waals surface area contributed by atoms with E-state index in [-0.39, 0.29) is 11.9 Å². The highest BCUT2D eigenvalue weighted by molar-refractivity contribution is 6.30. The van der Waals surface area contributed by atoms with E-state index in [0.29, 0.717) is 17.3 Å². The van der Waals surface area contributed by atoms with Gasteiger partial charge in [-0.1, -0.05) is 11.6 Å². The van der Waals surface area contributed by atoms with Crippen LogP contribution in [0.3, 0.4) is 0 Å². The molecule has 1 aromatic rings. The Hall–Kier alpha value is -0.800. The van der Waals surface area contributed by atoms with Crippen LogP contribution in [0.25, 0.3) is 0 Å². The Morgan fingerprint density at radius 1 is 1.47 bits per heavy atom. The van der Waals surface area contributed by atoms with Gasteiger partial charge in [0.25, 0.3) is 0 Å². The molecule has 0 aromatic heterocycles. The summed E-state index contributed by atoms with van der Waals surface area (Å²) in [5, 5.41) is 3.55. The summed E-state index contributed by atoms with van der Waals surface area (Å²) >= 11 is 5.73. The van der Waals surface area contributed by atoms with E-state index in [2.05, 4.69) is 5.32 Å². The molecule has 0 radical (unpaired) electrons. The molecule has 1 rings (SSSR count). The maximum absolute atomic E-state index is 13.0. The Balaban J connectivity index is 2.56. The molecular formula is C11H15ClFNO. The van der Waals surface area contributed by atoms with E-state index in [1.165, 1.54) is 12.1 Å². The molecule has 0 spiro atoms. The van der Waals surface area contributed by atoms with Crippen molar-refractivity contribution in [1.82, 2.24) is 0 Å². The molecule has 1 N–H and O–H groups in total. The van der Waals surface area contributed by atoms with Gasteiger partial charge in [0.2, 0.25) is 0 Å². The van der Waals surface area contributed by atoms with Crippen LogP contribution in [0.5, 0.6) is 0 Å². The van der Waals surface area contributed by atoms with Gasteiger partial charge in [0.05, 0.1) is 0 Å². The van der Waals surface area contributed by atoms with Crippen molar-refractivity contribution in [3.8, 4) is 0 Å². The highest BCUT2D eigenvalue weighted by atomic mass is 35.5. The Labute approximate surface area is 94.4 Å². The molecule has 0 aliphatic heterocycles. The van der Waals surface area contributed by atoms with E-state index in [4.69, 9.17) is 16.3 Å². The van der Waals surface area contributed by atoms with Crippen molar-refractivity contribution in [2.24, 2.45) is 0 Å². The van der Waals surface area contributed by atoms with Gasteiger partial charge in [-0.2, -0.15) is 0 Å². The first-order valence-electron chi connectivity index (χ1n) is 4.83. The van der Waals surface area contributed by atoms with Gasteiger partial charge in [-0.25, -0.2) is 4.39 Å². The van der Waals surface area contributed by atoms with Gasteiger partial charge < -0.3 is 10.1 Å². The van der Waals surface area contributed by atoms with Crippen LogP contribution in [-0.4, -0.2) is 19.8 Å². The van der Waals surface area contributed by atoms with Gasteiger partial charge in [0.1, 0.15) is 5.82 Å². The van der Waals surface area contributed by atoms with Crippen LogP contribution in [0.1, 0.15) is 13.3 Å². The fraction of sp³-hybridized carbons (Fsp3) is 0.455. The van der Waals surface area contributed by atoms with Gasteiger partial charge >= 0.3 is 0 Å². The Kier molecular flexibility index (Phi) is 4.85. The van der Waals surface area contributed by atoms with Crippen molar-refractivity contribution in [3.63, 3.8) is 0 Å². The topological polar surface area (TPSA) is 21.3 Å². The van der Waals surface area contributed by atoms with Crippen LogP contribution in [0.4, 0.5) is 10.1 Å². The Morgan fingerprint density at radius 3 is 2.80 bits per heavy atom. The molecule has 0 bridgehead atoms. The monoisotopic (exact) mass is 231 g/mol. The average Bonchev–Trinajstić information content (AvgIpc) is 2.13. The van der Waals surface area contributed by atoms with Crippen LogP contribution >= 0.6 is 11.6 Å². The molecular weight excluding hydrogens is 217 g/mol. The molecule has 4 heteroatoms. The molecule has 15 heavy (non-hydrogen) atoms. The molecule has 0 saturated carbocycles. The third kappa shape index (κ3) is 4.49. The molecule has 84 valence electrons.